The third-order valence-electron chi connectivity index (χ3n) is 2.15. The van der Waals surface area contributed by atoms with Crippen LogP contribution in [0, 0.1) is 6.92 Å². The molecule has 1 rings (SSSR count). The molecule has 1 N–H and O–H groups in total. The van der Waals surface area contributed by atoms with Crippen LogP contribution in [0.3, 0.4) is 0 Å². The fourth-order valence-electron chi connectivity index (χ4n) is 1.14. The minimum absolute atomic E-state index is 0.0666. The van der Waals surface area contributed by atoms with Gasteiger partial charge in [0, 0.05) is 9.50 Å². The summed E-state index contributed by atoms with van der Waals surface area (Å²) in [5.41, 5.74) is 1.66. The van der Waals surface area contributed by atoms with Crippen LogP contribution >= 0.6 is 43.5 Å². The first kappa shape index (κ1) is 14.0. The van der Waals surface area contributed by atoms with Crippen molar-refractivity contribution in [1.29, 1.82) is 0 Å². The summed E-state index contributed by atoms with van der Waals surface area (Å²) in [6.07, 6.45) is 0.739. The van der Waals surface area contributed by atoms with Crippen molar-refractivity contribution in [1.82, 2.24) is 0 Å². The Labute approximate surface area is 117 Å². The van der Waals surface area contributed by atoms with E-state index in [4.69, 9.17) is 11.6 Å². The van der Waals surface area contributed by atoms with Gasteiger partial charge < -0.3 is 5.32 Å². The molecule has 1 amide bonds. The van der Waals surface area contributed by atoms with E-state index in [1.165, 1.54) is 0 Å². The fourth-order valence-corrected chi connectivity index (χ4v) is 1.97. The molecule has 2 nitrogen and oxygen atoms in total. The predicted octanol–water partition coefficient (Wildman–Crippen LogP) is 4.52. The van der Waals surface area contributed by atoms with Crippen molar-refractivity contribution in [2.75, 3.05) is 5.32 Å². The first-order valence-corrected chi connectivity index (χ1v) is 6.95. The van der Waals surface area contributed by atoms with Crippen LogP contribution in [-0.2, 0) is 4.79 Å². The molecule has 0 aromatic heterocycles. The number of nitrogens with one attached hydrogen (secondary N) is 1. The lowest BCUT2D eigenvalue weighted by molar-refractivity contribution is -0.115. The number of benzene rings is 1. The lowest BCUT2D eigenvalue weighted by Gasteiger charge is -2.11. The quantitative estimate of drug-likeness (QED) is 0.780. The highest BCUT2D eigenvalue weighted by atomic mass is 79.9. The van der Waals surface area contributed by atoms with Crippen molar-refractivity contribution >= 4 is 55.1 Å². The van der Waals surface area contributed by atoms with Crippen LogP contribution in [0.1, 0.15) is 18.9 Å². The topological polar surface area (TPSA) is 29.1 Å². The van der Waals surface area contributed by atoms with Gasteiger partial charge in [0.25, 0.3) is 0 Å². The highest BCUT2D eigenvalue weighted by molar-refractivity contribution is 9.10. The number of hydrogen-bond donors (Lipinski definition) is 1. The van der Waals surface area contributed by atoms with Crippen LogP contribution in [0.4, 0.5) is 5.69 Å². The Morgan fingerprint density at radius 1 is 1.56 bits per heavy atom. The fraction of sp³-hybridized carbons (Fsp3) is 0.364. The zero-order valence-corrected chi connectivity index (χ0v) is 12.9. The van der Waals surface area contributed by atoms with E-state index >= 15 is 0 Å². The second kappa shape index (κ2) is 6.03. The van der Waals surface area contributed by atoms with Crippen molar-refractivity contribution in [2.45, 2.75) is 25.1 Å². The third kappa shape index (κ3) is 3.47. The summed E-state index contributed by atoms with van der Waals surface area (Å²) in [6, 6.07) is 3.63. The van der Waals surface area contributed by atoms with Gasteiger partial charge in [0.1, 0.15) is 0 Å². The number of rotatable bonds is 3. The largest absolute Gasteiger partial charge is 0.324 e. The van der Waals surface area contributed by atoms with Crippen LogP contribution in [0.2, 0.25) is 5.02 Å². The summed E-state index contributed by atoms with van der Waals surface area (Å²) < 4.78 is 0.832. The molecule has 0 aliphatic rings. The SMILES string of the molecule is CCC(Br)C(=O)Nc1cc(Cl)c(C)cc1Br. The van der Waals surface area contributed by atoms with Gasteiger partial charge >= 0.3 is 0 Å². The molecule has 0 aliphatic carbocycles. The van der Waals surface area contributed by atoms with Crippen LogP contribution in [0.25, 0.3) is 0 Å². The molecule has 1 atom stereocenters. The average Bonchev–Trinajstić information content (AvgIpc) is 2.24. The van der Waals surface area contributed by atoms with E-state index < -0.39 is 0 Å². The van der Waals surface area contributed by atoms with Gasteiger partial charge in [-0.25, -0.2) is 0 Å². The molecule has 0 fully saturated rings. The predicted molar refractivity (Wildman–Crippen MR) is 75.5 cm³/mol. The molecule has 16 heavy (non-hydrogen) atoms. The van der Waals surface area contributed by atoms with Crippen molar-refractivity contribution in [3.8, 4) is 0 Å². The van der Waals surface area contributed by atoms with Crippen molar-refractivity contribution < 1.29 is 4.79 Å². The van der Waals surface area contributed by atoms with Crippen LogP contribution < -0.4 is 5.32 Å². The Kier molecular flexibility index (Phi) is 5.28. The molecule has 1 unspecified atom stereocenters. The van der Waals surface area contributed by atoms with E-state index in [2.05, 4.69) is 37.2 Å². The first-order valence-electron chi connectivity index (χ1n) is 4.86. The summed E-state index contributed by atoms with van der Waals surface area (Å²) in [6.45, 7) is 3.86. The smallest absolute Gasteiger partial charge is 0.238 e. The summed E-state index contributed by atoms with van der Waals surface area (Å²) >= 11 is 12.7. The summed E-state index contributed by atoms with van der Waals surface area (Å²) in [5.74, 6) is -0.0666. The molecule has 0 saturated carbocycles. The lowest BCUT2D eigenvalue weighted by atomic mass is 10.2. The maximum Gasteiger partial charge on any atom is 0.238 e. The second-order valence-electron chi connectivity index (χ2n) is 3.45. The minimum atomic E-state index is -0.181. The number of carbonyl (C=O) groups is 1. The molecule has 0 bridgehead atoms. The normalized spacial score (nSPS) is 12.3. The van der Waals surface area contributed by atoms with E-state index in [1.807, 2.05) is 19.9 Å². The van der Waals surface area contributed by atoms with Crippen LogP contribution in [0.5, 0.6) is 0 Å². The van der Waals surface area contributed by atoms with Gasteiger partial charge in [-0.15, -0.1) is 0 Å². The third-order valence-corrected chi connectivity index (χ3v) is 4.28. The van der Waals surface area contributed by atoms with Gasteiger partial charge in [-0.05, 0) is 47.0 Å². The number of alkyl halides is 1. The highest BCUT2D eigenvalue weighted by Gasteiger charge is 2.14. The van der Waals surface area contributed by atoms with Crippen molar-refractivity contribution in [3.63, 3.8) is 0 Å². The van der Waals surface area contributed by atoms with E-state index in [9.17, 15) is 4.79 Å². The maximum absolute atomic E-state index is 11.7. The Morgan fingerprint density at radius 2 is 2.19 bits per heavy atom. The van der Waals surface area contributed by atoms with Gasteiger partial charge in [-0.1, -0.05) is 34.5 Å². The van der Waals surface area contributed by atoms with Gasteiger partial charge in [-0.3, -0.25) is 4.79 Å². The van der Waals surface area contributed by atoms with E-state index in [0.29, 0.717) is 10.7 Å². The van der Waals surface area contributed by atoms with E-state index in [-0.39, 0.29) is 10.7 Å². The van der Waals surface area contributed by atoms with Crippen LogP contribution in [0.15, 0.2) is 16.6 Å². The molecule has 88 valence electrons. The van der Waals surface area contributed by atoms with Crippen LogP contribution in [-0.4, -0.2) is 10.7 Å². The molecular formula is C11H12Br2ClNO. The number of carbonyl (C=O) groups excluding carboxylic acids is 1. The zero-order chi connectivity index (χ0) is 12.3. The van der Waals surface area contributed by atoms with Crippen molar-refractivity contribution in [3.05, 3.63) is 27.2 Å². The summed E-state index contributed by atoms with van der Waals surface area (Å²) in [5, 5.41) is 3.45. The monoisotopic (exact) mass is 367 g/mol. The maximum atomic E-state index is 11.7. The number of halogens is 3. The molecular weight excluding hydrogens is 357 g/mol. The molecule has 0 saturated heterocycles. The standard InChI is InChI=1S/C11H12Br2ClNO/c1-3-7(12)11(16)15-10-5-9(14)6(2)4-8(10)13/h4-5,7H,3H2,1-2H3,(H,15,16). The first-order chi connectivity index (χ1) is 7.45. The van der Waals surface area contributed by atoms with E-state index in [1.54, 1.807) is 6.07 Å². The van der Waals surface area contributed by atoms with E-state index in [0.717, 1.165) is 16.5 Å². The number of amides is 1. The molecule has 5 heteroatoms. The molecule has 0 aliphatic heterocycles. The van der Waals surface area contributed by atoms with Gasteiger partial charge in [0.2, 0.25) is 5.91 Å². The molecule has 1 aromatic rings. The highest BCUT2D eigenvalue weighted by Crippen LogP contribution is 2.29. The van der Waals surface area contributed by atoms with Gasteiger partial charge in [0.15, 0.2) is 0 Å². The number of hydrogen-bond acceptors (Lipinski definition) is 1. The molecule has 0 radical (unpaired) electrons. The average molecular weight is 369 g/mol. The Hall–Kier alpha value is -0.0600. The molecule has 1 aromatic carbocycles. The second-order valence-corrected chi connectivity index (χ2v) is 5.81. The minimum Gasteiger partial charge on any atom is -0.324 e. The Morgan fingerprint density at radius 3 is 2.75 bits per heavy atom. The zero-order valence-electron chi connectivity index (χ0n) is 8.98. The molecule has 0 spiro atoms. The Balaban J connectivity index is 2.90. The van der Waals surface area contributed by atoms with Gasteiger partial charge in [-0.2, -0.15) is 0 Å². The van der Waals surface area contributed by atoms with Crippen molar-refractivity contribution in [2.24, 2.45) is 0 Å². The lowest BCUT2D eigenvalue weighted by Crippen LogP contribution is -2.22. The number of anilines is 1. The number of aryl methyl sites for hydroxylation is 1. The van der Waals surface area contributed by atoms with Gasteiger partial charge in [0.05, 0.1) is 10.5 Å². The summed E-state index contributed by atoms with van der Waals surface area (Å²) in [4.78, 5) is 11.5. The Bertz CT molecular complexity index is 409. The summed E-state index contributed by atoms with van der Waals surface area (Å²) in [7, 11) is 0. The molecule has 0 heterocycles.